The molecule has 0 saturated carbocycles. The van der Waals surface area contributed by atoms with Gasteiger partial charge in [-0.1, -0.05) is 30.3 Å². The quantitative estimate of drug-likeness (QED) is 0.864. The fraction of sp³-hybridized carbons (Fsp3) is 0.471. The highest BCUT2D eigenvalue weighted by Gasteiger charge is 2.25. The van der Waals surface area contributed by atoms with E-state index in [2.05, 4.69) is 20.4 Å². The minimum Gasteiger partial charge on any atom is -0.379 e. The lowest BCUT2D eigenvalue weighted by atomic mass is 10.1. The van der Waals surface area contributed by atoms with Gasteiger partial charge in [0.1, 0.15) is 0 Å². The minimum absolute atomic E-state index is 0.00883. The summed E-state index contributed by atoms with van der Waals surface area (Å²) in [4.78, 5) is 18.9. The van der Waals surface area contributed by atoms with Crippen molar-refractivity contribution in [3.63, 3.8) is 0 Å². The van der Waals surface area contributed by atoms with E-state index in [4.69, 9.17) is 9.26 Å². The van der Waals surface area contributed by atoms with E-state index < -0.39 is 0 Å². The number of carbonyl (C=O) groups excluding carboxylic acids is 1. The number of hydrogen-bond acceptors (Lipinski definition) is 6. The molecule has 1 amide bonds. The molecule has 1 aliphatic heterocycles. The Bertz CT molecular complexity index is 653. The standard InChI is InChI=1S/C17H22N4O3/c1-2-14(21-8-10-23-11-9-21)16(22)18-12-15-19-17(24-20-15)13-6-4-3-5-7-13/h3-7,14H,2,8-12H2,1H3,(H,18,22)/t14-/m0/s1. The number of aromatic nitrogens is 2. The van der Waals surface area contributed by atoms with E-state index in [1.807, 2.05) is 37.3 Å². The second-order valence-corrected chi connectivity index (χ2v) is 5.67. The van der Waals surface area contributed by atoms with Crippen molar-refractivity contribution >= 4 is 5.91 Å². The van der Waals surface area contributed by atoms with Gasteiger partial charge in [-0.05, 0) is 18.6 Å². The van der Waals surface area contributed by atoms with Crippen molar-refractivity contribution in [2.45, 2.75) is 25.9 Å². The molecule has 0 spiro atoms. The van der Waals surface area contributed by atoms with Crippen LogP contribution < -0.4 is 5.32 Å². The van der Waals surface area contributed by atoms with Gasteiger partial charge in [0.15, 0.2) is 5.82 Å². The maximum absolute atomic E-state index is 12.4. The van der Waals surface area contributed by atoms with Crippen molar-refractivity contribution in [2.24, 2.45) is 0 Å². The normalized spacial score (nSPS) is 16.7. The van der Waals surface area contributed by atoms with Gasteiger partial charge in [-0.25, -0.2) is 0 Å². The molecule has 7 heteroatoms. The number of hydrogen-bond donors (Lipinski definition) is 1. The molecule has 3 rings (SSSR count). The zero-order chi connectivity index (χ0) is 16.8. The SMILES string of the molecule is CC[C@@H](C(=O)NCc1noc(-c2ccccc2)n1)N1CCOCC1. The summed E-state index contributed by atoms with van der Waals surface area (Å²) in [5.41, 5.74) is 0.863. The Kier molecular flexibility index (Phi) is 5.55. The first-order valence-electron chi connectivity index (χ1n) is 8.25. The summed E-state index contributed by atoms with van der Waals surface area (Å²) in [6.45, 7) is 5.19. The van der Waals surface area contributed by atoms with Gasteiger partial charge in [0, 0.05) is 18.7 Å². The largest absolute Gasteiger partial charge is 0.379 e. The number of morpholine rings is 1. The summed E-state index contributed by atoms with van der Waals surface area (Å²) in [5.74, 6) is 0.921. The maximum Gasteiger partial charge on any atom is 0.257 e. The van der Waals surface area contributed by atoms with Crippen molar-refractivity contribution in [1.82, 2.24) is 20.4 Å². The maximum atomic E-state index is 12.4. The van der Waals surface area contributed by atoms with Crippen molar-refractivity contribution in [3.8, 4) is 11.5 Å². The highest BCUT2D eigenvalue weighted by atomic mass is 16.5. The van der Waals surface area contributed by atoms with Crippen LogP contribution in [-0.2, 0) is 16.1 Å². The van der Waals surface area contributed by atoms with Crippen LogP contribution in [0.2, 0.25) is 0 Å². The van der Waals surface area contributed by atoms with Gasteiger partial charge in [0.2, 0.25) is 5.91 Å². The molecule has 0 radical (unpaired) electrons. The Hall–Kier alpha value is -2.25. The Morgan fingerprint density at radius 3 is 2.75 bits per heavy atom. The zero-order valence-corrected chi connectivity index (χ0v) is 13.8. The van der Waals surface area contributed by atoms with Gasteiger partial charge in [0.25, 0.3) is 5.89 Å². The summed E-state index contributed by atoms with van der Waals surface area (Å²) < 4.78 is 10.6. The first-order valence-corrected chi connectivity index (χ1v) is 8.25. The first-order chi connectivity index (χ1) is 11.8. The fourth-order valence-electron chi connectivity index (χ4n) is 2.81. The van der Waals surface area contributed by atoms with Crippen LogP contribution in [0.25, 0.3) is 11.5 Å². The van der Waals surface area contributed by atoms with E-state index in [0.29, 0.717) is 24.9 Å². The third-order valence-corrected chi connectivity index (χ3v) is 4.09. The second-order valence-electron chi connectivity index (χ2n) is 5.67. The summed E-state index contributed by atoms with van der Waals surface area (Å²) >= 11 is 0. The van der Waals surface area contributed by atoms with Gasteiger partial charge in [-0.2, -0.15) is 4.98 Å². The summed E-state index contributed by atoms with van der Waals surface area (Å²) in [5, 5.41) is 6.83. The van der Waals surface area contributed by atoms with Crippen LogP contribution in [0.3, 0.4) is 0 Å². The number of carbonyl (C=O) groups is 1. The van der Waals surface area contributed by atoms with Crippen LogP contribution >= 0.6 is 0 Å². The second kappa shape index (κ2) is 8.03. The van der Waals surface area contributed by atoms with E-state index >= 15 is 0 Å². The summed E-state index contributed by atoms with van der Waals surface area (Å²) in [6.07, 6.45) is 0.757. The van der Waals surface area contributed by atoms with Crippen LogP contribution in [0, 0.1) is 0 Å². The van der Waals surface area contributed by atoms with E-state index in [1.54, 1.807) is 0 Å². The number of rotatable bonds is 6. The van der Waals surface area contributed by atoms with Crippen molar-refractivity contribution in [1.29, 1.82) is 0 Å². The molecular formula is C17H22N4O3. The average molecular weight is 330 g/mol. The molecule has 2 aromatic rings. The van der Waals surface area contributed by atoms with Gasteiger partial charge >= 0.3 is 0 Å². The lowest BCUT2D eigenvalue weighted by molar-refractivity contribution is -0.128. The van der Waals surface area contributed by atoms with E-state index in [-0.39, 0.29) is 18.5 Å². The summed E-state index contributed by atoms with van der Waals surface area (Å²) in [6, 6.07) is 9.42. The molecular weight excluding hydrogens is 308 g/mol. The van der Waals surface area contributed by atoms with Crippen molar-refractivity contribution < 1.29 is 14.1 Å². The molecule has 0 bridgehead atoms. The van der Waals surface area contributed by atoms with Gasteiger partial charge in [-0.3, -0.25) is 9.69 Å². The first kappa shape index (κ1) is 16.6. The average Bonchev–Trinajstić information content (AvgIpc) is 3.11. The molecule has 24 heavy (non-hydrogen) atoms. The Morgan fingerprint density at radius 2 is 2.04 bits per heavy atom. The van der Waals surface area contributed by atoms with Gasteiger partial charge < -0.3 is 14.6 Å². The smallest absolute Gasteiger partial charge is 0.257 e. The van der Waals surface area contributed by atoms with Crippen LogP contribution in [0.15, 0.2) is 34.9 Å². The Morgan fingerprint density at radius 1 is 1.29 bits per heavy atom. The zero-order valence-electron chi connectivity index (χ0n) is 13.8. The fourth-order valence-corrected chi connectivity index (χ4v) is 2.81. The summed E-state index contributed by atoms with van der Waals surface area (Å²) in [7, 11) is 0. The predicted molar refractivity (Wildman–Crippen MR) is 88.1 cm³/mol. The third kappa shape index (κ3) is 3.98. The number of ether oxygens (including phenoxy) is 1. The molecule has 1 aromatic heterocycles. The molecule has 1 saturated heterocycles. The minimum atomic E-state index is -0.144. The van der Waals surface area contributed by atoms with E-state index in [1.165, 1.54) is 0 Å². The van der Waals surface area contributed by atoms with Crippen LogP contribution in [0.4, 0.5) is 0 Å². The Balaban J connectivity index is 1.56. The molecule has 1 fully saturated rings. The monoisotopic (exact) mass is 330 g/mol. The molecule has 2 heterocycles. The third-order valence-electron chi connectivity index (χ3n) is 4.09. The number of amides is 1. The predicted octanol–water partition coefficient (Wildman–Crippen LogP) is 1.46. The van der Waals surface area contributed by atoms with Crippen LogP contribution in [-0.4, -0.2) is 53.3 Å². The molecule has 1 aliphatic rings. The molecule has 0 aliphatic carbocycles. The van der Waals surface area contributed by atoms with Gasteiger partial charge in [-0.15, -0.1) is 0 Å². The molecule has 128 valence electrons. The van der Waals surface area contributed by atoms with Gasteiger partial charge in [0.05, 0.1) is 25.8 Å². The highest BCUT2D eigenvalue weighted by molar-refractivity contribution is 5.81. The highest BCUT2D eigenvalue weighted by Crippen LogP contribution is 2.16. The molecule has 1 N–H and O–H groups in total. The van der Waals surface area contributed by atoms with Crippen molar-refractivity contribution in [2.75, 3.05) is 26.3 Å². The van der Waals surface area contributed by atoms with Crippen LogP contribution in [0.5, 0.6) is 0 Å². The molecule has 0 unspecified atom stereocenters. The molecule has 1 atom stereocenters. The van der Waals surface area contributed by atoms with Crippen molar-refractivity contribution in [3.05, 3.63) is 36.2 Å². The number of nitrogens with one attached hydrogen (secondary N) is 1. The Labute approximate surface area is 141 Å². The molecule has 7 nitrogen and oxygen atoms in total. The number of benzene rings is 1. The van der Waals surface area contributed by atoms with E-state index in [0.717, 1.165) is 25.1 Å². The lowest BCUT2D eigenvalue weighted by Crippen LogP contribution is -2.50. The number of nitrogens with zero attached hydrogens (tertiary/aromatic N) is 3. The lowest BCUT2D eigenvalue weighted by Gasteiger charge is -2.32. The van der Waals surface area contributed by atoms with Crippen LogP contribution in [0.1, 0.15) is 19.2 Å². The molecule has 1 aromatic carbocycles. The topological polar surface area (TPSA) is 80.5 Å². The van der Waals surface area contributed by atoms with E-state index in [9.17, 15) is 4.79 Å².